The van der Waals surface area contributed by atoms with E-state index in [1.165, 1.54) is 25.7 Å². The van der Waals surface area contributed by atoms with Crippen molar-refractivity contribution in [2.75, 3.05) is 19.7 Å². The number of carbonyl (C=O) groups is 1. The van der Waals surface area contributed by atoms with Crippen molar-refractivity contribution in [2.45, 2.75) is 89.0 Å². The third-order valence-electron chi connectivity index (χ3n) is 6.75. The second-order valence-corrected chi connectivity index (χ2v) is 9.59. The summed E-state index contributed by atoms with van der Waals surface area (Å²) in [5.74, 6) is 0.790. The molecule has 2 heterocycles. The summed E-state index contributed by atoms with van der Waals surface area (Å²) < 4.78 is 12.0. The number of piperidine rings is 1. The van der Waals surface area contributed by atoms with Crippen LogP contribution in [0.1, 0.15) is 75.6 Å². The maximum absolute atomic E-state index is 12.7. The van der Waals surface area contributed by atoms with Crippen LogP contribution in [0, 0.1) is 0 Å². The van der Waals surface area contributed by atoms with E-state index in [2.05, 4.69) is 24.1 Å². The quantitative estimate of drug-likeness (QED) is 0.806. The Morgan fingerprint density at radius 1 is 1.14 bits per heavy atom. The molecule has 2 saturated heterocycles. The first-order valence-corrected chi connectivity index (χ1v) is 11.4. The van der Waals surface area contributed by atoms with Gasteiger partial charge in [0.25, 0.3) is 5.91 Å². The highest BCUT2D eigenvalue weighted by molar-refractivity contribution is 5.94. The van der Waals surface area contributed by atoms with E-state index >= 15 is 0 Å². The van der Waals surface area contributed by atoms with E-state index < -0.39 is 0 Å². The normalized spacial score (nSPS) is 26.3. The van der Waals surface area contributed by atoms with Crippen molar-refractivity contribution in [3.05, 3.63) is 29.8 Å². The number of hydrogen-bond donors (Lipinski definition) is 1. The van der Waals surface area contributed by atoms with Crippen LogP contribution >= 0.6 is 0 Å². The van der Waals surface area contributed by atoms with Gasteiger partial charge in [0.1, 0.15) is 11.9 Å². The Balaban J connectivity index is 1.29. The van der Waals surface area contributed by atoms with E-state index in [0.29, 0.717) is 12.2 Å². The maximum Gasteiger partial charge on any atom is 0.251 e. The summed E-state index contributed by atoms with van der Waals surface area (Å²) in [6.45, 7) is 7.13. The molecular weight excluding hydrogens is 364 g/mol. The molecule has 1 aromatic carbocycles. The highest BCUT2D eigenvalue weighted by atomic mass is 16.5. The van der Waals surface area contributed by atoms with Gasteiger partial charge in [-0.05, 0) is 70.6 Å². The minimum Gasteiger partial charge on any atom is -0.490 e. The zero-order chi connectivity index (χ0) is 20.3. The number of likely N-dealkylation sites (tertiary alicyclic amines) is 1. The van der Waals surface area contributed by atoms with Crippen molar-refractivity contribution < 1.29 is 14.3 Å². The molecule has 2 aliphatic heterocycles. The smallest absolute Gasteiger partial charge is 0.251 e. The number of nitrogens with one attached hydrogen (secondary N) is 1. The van der Waals surface area contributed by atoms with E-state index in [9.17, 15) is 4.79 Å². The SMILES string of the molecule is CC1(C)C[C@H](NC(=O)c2cccc(OC3CCN(C4CCCC4)CC3)c2)CCO1. The zero-order valence-electron chi connectivity index (χ0n) is 18.0. The molecular formula is C24H36N2O3. The lowest BCUT2D eigenvalue weighted by atomic mass is 9.94. The molecule has 0 unspecified atom stereocenters. The van der Waals surface area contributed by atoms with Crippen molar-refractivity contribution in [3.8, 4) is 5.75 Å². The van der Waals surface area contributed by atoms with Gasteiger partial charge in [0, 0.05) is 37.3 Å². The summed E-state index contributed by atoms with van der Waals surface area (Å²) in [5, 5.41) is 3.18. The van der Waals surface area contributed by atoms with Crippen molar-refractivity contribution in [2.24, 2.45) is 0 Å². The van der Waals surface area contributed by atoms with E-state index in [-0.39, 0.29) is 23.7 Å². The lowest BCUT2D eigenvalue weighted by Crippen LogP contribution is -2.45. The predicted octanol–water partition coefficient (Wildman–Crippen LogP) is 4.16. The van der Waals surface area contributed by atoms with E-state index in [4.69, 9.17) is 9.47 Å². The highest BCUT2D eigenvalue weighted by Crippen LogP contribution is 2.28. The van der Waals surface area contributed by atoms with Gasteiger partial charge in [0.15, 0.2) is 0 Å². The minimum absolute atomic E-state index is 0.0193. The molecule has 29 heavy (non-hydrogen) atoms. The average molecular weight is 401 g/mol. The summed E-state index contributed by atoms with van der Waals surface area (Å²) in [5.41, 5.74) is 0.504. The summed E-state index contributed by atoms with van der Waals surface area (Å²) in [6.07, 6.45) is 9.62. The molecule has 1 aromatic rings. The molecule has 1 saturated carbocycles. The summed E-state index contributed by atoms with van der Waals surface area (Å²) >= 11 is 0. The number of rotatable bonds is 5. The zero-order valence-corrected chi connectivity index (χ0v) is 18.0. The lowest BCUT2D eigenvalue weighted by Gasteiger charge is -2.36. The third-order valence-corrected chi connectivity index (χ3v) is 6.75. The minimum atomic E-state index is -0.172. The average Bonchev–Trinajstić information content (AvgIpc) is 3.23. The molecule has 3 aliphatic rings. The second kappa shape index (κ2) is 9.05. The van der Waals surface area contributed by atoms with E-state index in [1.54, 1.807) is 0 Å². The van der Waals surface area contributed by atoms with Crippen LogP contribution in [0.2, 0.25) is 0 Å². The predicted molar refractivity (Wildman–Crippen MR) is 114 cm³/mol. The van der Waals surface area contributed by atoms with E-state index in [1.807, 2.05) is 24.3 Å². The Hall–Kier alpha value is -1.59. The fourth-order valence-electron chi connectivity index (χ4n) is 5.16. The van der Waals surface area contributed by atoms with Crippen LogP contribution in [0.5, 0.6) is 5.75 Å². The molecule has 4 rings (SSSR count). The van der Waals surface area contributed by atoms with Crippen LogP contribution in [0.3, 0.4) is 0 Å². The second-order valence-electron chi connectivity index (χ2n) is 9.59. The van der Waals surface area contributed by atoms with Crippen LogP contribution < -0.4 is 10.1 Å². The summed E-state index contributed by atoms with van der Waals surface area (Å²) in [7, 11) is 0. The van der Waals surface area contributed by atoms with E-state index in [0.717, 1.165) is 50.6 Å². The molecule has 0 bridgehead atoms. The van der Waals surface area contributed by atoms with Gasteiger partial charge in [0.05, 0.1) is 5.60 Å². The Morgan fingerprint density at radius 2 is 1.90 bits per heavy atom. The van der Waals surface area contributed by atoms with Gasteiger partial charge in [-0.15, -0.1) is 0 Å². The van der Waals surface area contributed by atoms with Gasteiger partial charge in [-0.3, -0.25) is 4.79 Å². The molecule has 1 N–H and O–H groups in total. The monoisotopic (exact) mass is 400 g/mol. The molecule has 0 aromatic heterocycles. The first-order valence-electron chi connectivity index (χ1n) is 11.4. The van der Waals surface area contributed by atoms with Gasteiger partial charge >= 0.3 is 0 Å². The highest BCUT2D eigenvalue weighted by Gasteiger charge is 2.30. The topological polar surface area (TPSA) is 50.8 Å². The van der Waals surface area contributed by atoms with Crippen molar-refractivity contribution in [1.29, 1.82) is 0 Å². The van der Waals surface area contributed by atoms with Crippen LogP contribution in [0.15, 0.2) is 24.3 Å². The van der Waals surface area contributed by atoms with Gasteiger partial charge in [-0.1, -0.05) is 18.9 Å². The summed E-state index contributed by atoms with van der Waals surface area (Å²) in [6, 6.07) is 8.62. The van der Waals surface area contributed by atoms with Gasteiger partial charge in [-0.25, -0.2) is 0 Å². The molecule has 5 nitrogen and oxygen atoms in total. The van der Waals surface area contributed by atoms with Gasteiger partial charge in [-0.2, -0.15) is 0 Å². The number of nitrogens with zero attached hydrogens (tertiary/aromatic N) is 1. The molecule has 3 fully saturated rings. The largest absolute Gasteiger partial charge is 0.490 e. The Bertz CT molecular complexity index is 691. The van der Waals surface area contributed by atoms with Gasteiger partial charge in [0.2, 0.25) is 0 Å². The molecule has 1 amide bonds. The standard InChI is InChI=1S/C24H36N2O3/c1-24(2)17-19(12-15-28-24)25-23(27)18-6-5-9-22(16-18)29-21-10-13-26(14-11-21)20-7-3-4-8-20/h5-6,9,16,19-21H,3-4,7-8,10-15,17H2,1-2H3,(H,25,27)/t19-/m1/s1. The molecule has 160 valence electrons. The Morgan fingerprint density at radius 3 is 2.62 bits per heavy atom. The van der Waals surface area contributed by atoms with Crippen LogP contribution in [-0.4, -0.2) is 54.3 Å². The first kappa shape index (κ1) is 20.7. The molecule has 5 heteroatoms. The lowest BCUT2D eigenvalue weighted by molar-refractivity contribution is -0.0615. The third kappa shape index (κ3) is 5.52. The first-order chi connectivity index (χ1) is 14.0. The molecule has 1 atom stereocenters. The molecule has 1 aliphatic carbocycles. The number of ether oxygens (including phenoxy) is 2. The fourth-order valence-corrected chi connectivity index (χ4v) is 5.16. The summed E-state index contributed by atoms with van der Waals surface area (Å²) in [4.78, 5) is 15.4. The van der Waals surface area contributed by atoms with Crippen molar-refractivity contribution in [3.63, 3.8) is 0 Å². The Labute approximate surface area is 175 Å². The van der Waals surface area contributed by atoms with Gasteiger partial charge < -0.3 is 19.7 Å². The number of carbonyl (C=O) groups excluding carboxylic acids is 1. The van der Waals surface area contributed by atoms with Crippen LogP contribution in [-0.2, 0) is 4.74 Å². The fraction of sp³-hybridized carbons (Fsp3) is 0.708. The maximum atomic E-state index is 12.7. The molecule has 0 spiro atoms. The van der Waals surface area contributed by atoms with Crippen LogP contribution in [0.25, 0.3) is 0 Å². The van der Waals surface area contributed by atoms with Crippen molar-refractivity contribution >= 4 is 5.91 Å². The number of benzene rings is 1. The molecule has 0 radical (unpaired) electrons. The van der Waals surface area contributed by atoms with Crippen LogP contribution in [0.4, 0.5) is 0 Å². The number of hydrogen-bond acceptors (Lipinski definition) is 4. The van der Waals surface area contributed by atoms with Crippen molar-refractivity contribution in [1.82, 2.24) is 10.2 Å². The number of amides is 1. The Kier molecular flexibility index (Phi) is 6.45.